The fourth-order valence-corrected chi connectivity index (χ4v) is 5.33. The average Bonchev–Trinajstić information content (AvgIpc) is 2.97. The molecular formula is C31H39F2N5O4. The molecule has 2 aliphatic rings. The van der Waals surface area contributed by atoms with Gasteiger partial charge in [-0.2, -0.15) is 0 Å². The third-order valence-corrected chi connectivity index (χ3v) is 7.64. The Hall–Kier alpha value is -3.83. The van der Waals surface area contributed by atoms with Crippen LogP contribution in [0, 0.1) is 17.6 Å². The van der Waals surface area contributed by atoms with Crippen LogP contribution in [-0.4, -0.2) is 62.6 Å². The van der Waals surface area contributed by atoms with E-state index < -0.39 is 29.6 Å². The molecule has 4 rings (SSSR count). The Kier molecular flexibility index (Phi) is 10.6. The van der Waals surface area contributed by atoms with Crippen molar-refractivity contribution in [2.75, 3.05) is 45.2 Å². The molecule has 4 amide bonds. The Morgan fingerprint density at radius 1 is 1.07 bits per heavy atom. The molecule has 0 aliphatic carbocycles. The van der Waals surface area contributed by atoms with Crippen LogP contribution in [-0.2, 0) is 14.3 Å². The SMILES string of the molecule is COCC1=C(C(=O)NCCCN2CCC(c3cccc(NC(=O)C(C)C)c3)CC2)C(c2ccc(F)c(F)c2)NC(=O)N1. The first-order valence-corrected chi connectivity index (χ1v) is 14.3. The summed E-state index contributed by atoms with van der Waals surface area (Å²) in [4.78, 5) is 40.0. The van der Waals surface area contributed by atoms with Crippen molar-refractivity contribution >= 4 is 23.5 Å². The van der Waals surface area contributed by atoms with E-state index in [4.69, 9.17) is 4.74 Å². The van der Waals surface area contributed by atoms with Gasteiger partial charge in [0.15, 0.2) is 11.6 Å². The van der Waals surface area contributed by atoms with Crippen molar-refractivity contribution in [3.8, 4) is 0 Å². The second kappa shape index (κ2) is 14.4. The summed E-state index contributed by atoms with van der Waals surface area (Å²) in [6.45, 7) is 6.78. The van der Waals surface area contributed by atoms with Crippen LogP contribution in [0.4, 0.5) is 19.3 Å². The molecule has 0 bridgehead atoms. The maximum absolute atomic E-state index is 14.0. The molecular weight excluding hydrogens is 544 g/mol. The number of carbonyl (C=O) groups is 3. The molecule has 0 aromatic heterocycles. The van der Waals surface area contributed by atoms with Gasteiger partial charge in [0, 0.05) is 25.3 Å². The van der Waals surface area contributed by atoms with E-state index in [0.717, 1.165) is 56.7 Å². The van der Waals surface area contributed by atoms with Crippen molar-refractivity contribution < 1.29 is 27.9 Å². The maximum atomic E-state index is 14.0. The van der Waals surface area contributed by atoms with Crippen LogP contribution in [0.15, 0.2) is 53.7 Å². The molecule has 11 heteroatoms. The lowest BCUT2D eigenvalue weighted by atomic mass is 9.89. The van der Waals surface area contributed by atoms with Gasteiger partial charge in [0.05, 0.1) is 23.9 Å². The number of methoxy groups -OCH3 is 1. The number of amides is 4. The van der Waals surface area contributed by atoms with Crippen LogP contribution in [0.1, 0.15) is 56.2 Å². The molecule has 2 aliphatic heterocycles. The van der Waals surface area contributed by atoms with Gasteiger partial charge in [0.2, 0.25) is 5.91 Å². The highest BCUT2D eigenvalue weighted by atomic mass is 19.2. The van der Waals surface area contributed by atoms with Crippen LogP contribution in [0.3, 0.4) is 0 Å². The van der Waals surface area contributed by atoms with Crippen molar-refractivity contribution in [2.24, 2.45) is 5.92 Å². The van der Waals surface area contributed by atoms with E-state index in [1.165, 1.54) is 18.7 Å². The zero-order valence-electron chi connectivity index (χ0n) is 24.3. The number of hydrogen-bond donors (Lipinski definition) is 4. The number of rotatable bonds is 11. The fourth-order valence-electron chi connectivity index (χ4n) is 5.33. The highest BCUT2D eigenvalue weighted by Gasteiger charge is 2.33. The van der Waals surface area contributed by atoms with Crippen molar-refractivity contribution in [3.05, 3.63) is 76.5 Å². The van der Waals surface area contributed by atoms with Gasteiger partial charge in [-0.1, -0.05) is 32.0 Å². The molecule has 9 nitrogen and oxygen atoms in total. The number of carbonyl (C=O) groups excluding carboxylic acids is 3. The molecule has 0 radical (unpaired) electrons. The van der Waals surface area contributed by atoms with Crippen LogP contribution in [0.5, 0.6) is 0 Å². The van der Waals surface area contributed by atoms with E-state index in [1.807, 2.05) is 26.0 Å². The highest BCUT2D eigenvalue weighted by Crippen LogP contribution is 2.30. The van der Waals surface area contributed by atoms with Crippen LogP contribution < -0.4 is 21.3 Å². The van der Waals surface area contributed by atoms with Crippen molar-refractivity contribution in [3.63, 3.8) is 0 Å². The third-order valence-electron chi connectivity index (χ3n) is 7.64. The van der Waals surface area contributed by atoms with Gasteiger partial charge in [0.25, 0.3) is 5.91 Å². The zero-order valence-corrected chi connectivity index (χ0v) is 24.3. The normalized spacial score (nSPS) is 18.0. The summed E-state index contributed by atoms with van der Waals surface area (Å²) in [5, 5.41) is 11.1. The van der Waals surface area contributed by atoms with Crippen LogP contribution in [0.25, 0.3) is 0 Å². The molecule has 0 spiro atoms. The smallest absolute Gasteiger partial charge is 0.319 e. The predicted molar refractivity (Wildman–Crippen MR) is 156 cm³/mol. The number of hydrogen-bond acceptors (Lipinski definition) is 5. The number of likely N-dealkylation sites (tertiary alicyclic amines) is 1. The first-order chi connectivity index (χ1) is 20.2. The van der Waals surface area contributed by atoms with Crippen molar-refractivity contribution in [2.45, 2.75) is 45.1 Å². The second-order valence-corrected chi connectivity index (χ2v) is 11.0. The predicted octanol–water partition coefficient (Wildman–Crippen LogP) is 4.20. The van der Waals surface area contributed by atoms with Gasteiger partial charge < -0.3 is 30.9 Å². The second-order valence-electron chi connectivity index (χ2n) is 11.0. The standard InChI is InChI=1S/C31H39F2N5O4/c1-19(2)29(39)35-23-7-4-6-21(16-23)20-10-14-38(15-11-20)13-5-12-34-30(40)27-26(18-42-3)36-31(41)37-28(27)22-8-9-24(32)25(33)17-22/h4,6-9,16-17,19-20,28H,5,10-15,18H2,1-3H3,(H,34,40)(H,35,39)(H2,36,37,41). The summed E-state index contributed by atoms with van der Waals surface area (Å²) >= 11 is 0. The molecule has 2 aromatic carbocycles. The quantitative estimate of drug-likeness (QED) is 0.297. The molecule has 0 saturated carbocycles. The Bertz CT molecular complexity index is 1320. The van der Waals surface area contributed by atoms with Crippen molar-refractivity contribution in [1.82, 2.24) is 20.9 Å². The summed E-state index contributed by atoms with van der Waals surface area (Å²) in [6.07, 6.45) is 2.72. The van der Waals surface area contributed by atoms with Gasteiger partial charge in [-0.25, -0.2) is 13.6 Å². The Morgan fingerprint density at radius 2 is 1.83 bits per heavy atom. The van der Waals surface area contributed by atoms with E-state index in [0.29, 0.717) is 12.5 Å². The van der Waals surface area contributed by atoms with Crippen LogP contribution >= 0.6 is 0 Å². The molecule has 2 heterocycles. The largest absolute Gasteiger partial charge is 0.378 e. The number of benzene rings is 2. The van der Waals surface area contributed by atoms with E-state index in [2.05, 4.69) is 38.3 Å². The number of urea groups is 1. The molecule has 226 valence electrons. The number of piperidine rings is 1. The summed E-state index contributed by atoms with van der Waals surface area (Å²) in [5.41, 5.74) is 2.76. The summed E-state index contributed by atoms with van der Waals surface area (Å²) < 4.78 is 32.7. The topological polar surface area (TPSA) is 112 Å². The Morgan fingerprint density at radius 3 is 2.52 bits per heavy atom. The van der Waals surface area contributed by atoms with E-state index in [9.17, 15) is 23.2 Å². The zero-order chi connectivity index (χ0) is 30.2. The number of halogens is 2. The maximum Gasteiger partial charge on any atom is 0.319 e. The summed E-state index contributed by atoms with van der Waals surface area (Å²) in [5.74, 6) is -2.16. The number of nitrogens with zero attached hydrogens (tertiary/aromatic N) is 1. The molecule has 1 saturated heterocycles. The first kappa shape index (κ1) is 31.1. The minimum atomic E-state index is -1.07. The Labute approximate surface area is 245 Å². The van der Waals surface area contributed by atoms with Crippen molar-refractivity contribution in [1.29, 1.82) is 0 Å². The molecule has 1 unspecified atom stereocenters. The van der Waals surface area contributed by atoms with Gasteiger partial charge in [0.1, 0.15) is 0 Å². The van der Waals surface area contributed by atoms with E-state index in [1.54, 1.807) is 0 Å². The molecule has 4 N–H and O–H groups in total. The minimum absolute atomic E-state index is 0.00430. The molecule has 1 atom stereocenters. The lowest BCUT2D eigenvalue weighted by Crippen LogP contribution is -2.48. The monoisotopic (exact) mass is 583 g/mol. The van der Waals surface area contributed by atoms with Crippen LogP contribution in [0.2, 0.25) is 0 Å². The highest BCUT2D eigenvalue weighted by molar-refractivity contribution is 5.98. The lowest BCUT2D eigenvalue weighted by molar-refractivity contribution is -0.119. The summed E-state index contributed by atoms with van der Waals surface area (Å²) in [7, 11) is 1.44. The number of nitrogens with one attached hydrogen (secondary N) is 4. The molecule has 42 heavy (non-hydrogen) atoms. The van der Waals surface area contributed by atoms with Gasteiger partial charge in [-0.15, -0.1) is 0 Å². The minimum Gasteiger partial charge on any atom is -0.378 e. The van der Waals surface area contributed by atoms with E-state index >= 15 is 0 Å². The van der Waals surface area contributed by atoms with Gasteiger partial charge in [-0.05, 0) is 80.2 Å². The Balaban J connectivity index is 1.30. The van der Waals surface area contributed by atoms with Gasteiger partial charge in [-0.3, -0.25) is 9.59 Å². The number of anilines is 1. The molecule has 1 fully saturated rings. The lowest BCUT2D eigenvalue weighted by Gasteiger charge is -2.32. The van der Waals surface area contributed by atoms with E-state index in [-0.39, 0.29) is 35.3 Å². The number of ether oxygens (including phenoxy) is 1. The van der Waals surface area contributed by atoms with Gasteiger partial charge >= 0.3 is 6.03 Å². The third kappa shape index (κ3) is 7.92. The molecule has 2 aromatic rings. The summed E-state index contributed by atoms with van der Waals surface area (Å²) in [6, 6.07) is 9.84. The fraction of sp³-hybridized carbons (Fsp3) is 0.452. The first-order valence-electron chi connectivity index (χ1n) is 14.3. The average molecular weight is 584 g/mol.